The van der Waals surface area contributed by atoms with E-state index < -0.39 is 11.9 Å². The minimum Gasteiger partial charge on any atom is -0.493 e. The largest absolute Gasteiger partial charge is 0.493 e. The van der Waals surface area contributed by atoms with Gasteiger partial charge in [0.05, 0.1) is 31.8 Å². The third kappa shape index (κ3) is 4.70. The molecule has 2 aliphatic rings. The van der Waals surface area contributed by atoms with Gasteiger partial charge in [-0.3, -0.25) is 4.79 Å². The van der Waals surface area contributed by atoms with E-state index in [1.165, 1.54) is 0 Å². The number of hydrogen-bond acceptors (Lipinski definition) is 6. The second-order valence-corrected chi connectivity index (χ2v) is 9.13. The summed E-state index contributed by atoms with van der Waals surface area (Å²) in [5.74, 6) is 0.102. The number of ketones is 1. The van der Waals surface area contributed by atoms with Crippen LogP contribution in [0.15, 0.2) is 71.1 Å². The van der Waals surface area contributed by atoms with Crippen molar-refractivity contribution in [2.24, 2.45) is 0 Å². The highest BCUT2D eigenvalue weighted by Crippen LogP contribution is 2.49. The Morgan fingerprint density at radius 3 is 2.46 bits per heavy atom. The average Bonchev–Trinajstić information content (AvgIpc) is 2.87. The zero-order valence-corrected chi connectivity index (χ0v) is 21.0. The number of Topliss-reactive ketones (excluding diaryl/α,β-unsaturated/α-hetero) is 1. The Bertz CT molecular complexity index is 1180. The molecule has 0 radical (unpaired) electrons. The second-order valence-electron chi connectivity index (χ2n) is 9.13. The summed E-state index contributed by atoms with van der Waals surface area (Å²) in [5.41, 5.74) is 4.42. The number of methoxy groups -OCH3 is 2. The van der Waals surface area contributed by atoms with Crippen LogP contribution in [0.4, 0.5) is 0 Å². The van der Waals surface area contributed by atoms with E-state index in [1.54, 1.807) is 20.3 Å². The molecular weight excluding hydrogens is 442 g/mol. The fraction of sp³-hybridized carbons (Fsp3) is 0.379. The molecule has 35 heavy (non-hydrogen) atoms. The smallest absolute Gasteiger partial charge is 0.337 e. The maximum atomic E-state index is 13.8. The number of nitrogens with one attached hydrogen (secondary N) is 1. The van der Waals surface area contributed by atoms with Crippen molar-refractivity contribution >= 4 is 11.8 Å². The number of benzene rings is 2. The first-order valence-corrected chi connectivity index (χ1v) is 12.1. The van der Waals surface area contributed by atoms with Crippen LogP contribution in [0.3, 0.4) is 0 Å². The highest BCUT2D eigenvalue weighted by Gasteiger charge is 2.43. The van der Waals surface area contributed by atoms with Crippen LogP contribution in [-0.4, -0.2) is 32.1 Å². The van der Waals surface area contributed by atoms with Crippen LogP contribution in [0.1, 0.15) is 63.0 Å². The van der Waals surface area contributed by atoms with Crippen LogP contribution in [0.5, 0.6) is 11.5 Å². The molecule has 184 valence electrons. The lowest BCUT2D eigenvalue weighted by Gasteiger charge is -2.37. The monoisotopic (exact) mass is 475 g/mol. The Labute approximate surface area is 207 Å². The van der Waals surface area contributed by atoms with Crippen LogP contribution in [-0.2, 0) is 14.3 Å². The van der Waals surface area contributed by atoms with Crippen LogP contribution >= 0.6 is 0 Å². The third-order valence-corrected chi connectivity index (χ3v) is 6.95. The molecule has 6 nitrogen and oxygen atoms in total. The topological polar surface area (TPSA) is 73.9 Å². The number of carbonyl (C=O) groups excluding carboxylic acids is 2. The van der Waals surface area contributed by atoms with Crippen LogP contribution in [0.25, 0.3) is 0 Å². The van der Waals surface area contributed by atoms with Gasteiger partial charge >= 0.3 is 5.97 Å². The molecule has 0 fully saturated rings. The Morgan fingerprint density at radius 1 is 1.06 bits per heavy atom. The summed E-state index contributed by atoms with van der Waals surface area (Å²) in [6.07, 6.45) is 1.51. The van der Waals surface area contributed by atoms with Gasteiger partial charge in [-0.15, -0.1) is 0 Å². The molecule has 0 unspecified atom stereocenters. The van der Waals surface area contributed by atoms with Gasteiger partial charge in [0, 0.05) is 29.0 Å². The lowest BCUT2D eigenvalue weighted by atomic mass is 9.71. The molecule has 3 atom stereocenters. The molecule has 0 saturated heterocycles. The molecule has 1 heterocycles. The van der Waals surface area contributed by atoms with Gasteiger partial charge in [0.1, 0.15) is 0 Å². The lowest BCUT2D eigenvalue weighted by molar-refractivity contribution is -0.144. The number of hydrogen-bond donors (Lipinski definition) is 1. The molecular formula is C29H33NO5. The second kappa shape index (κ2) is 10.4. The summed E-state index contributed by atoms with van der Waals surface area (Å²) in [4.78, 5) is 27.2. The Hall–Kier alpha value is -3.54. The quantitative estimate of drug-likeness (QED) is 0.540. The minimum absolute atomic E-state index is 0.0174. The summed E-state index contributed by atoms with van der Waals surface area (Å²) in [6.45, 7) is 5.70. The first kappa shape index (κ1) is 24.6. The highest BCUT2D eigenvalue weighted by molar-refractivity contribution is 6.04. The van der Waals surface area contributed by atoms with Gasteiger partial charge in [0.2, 0.25) is 0 Å². The fourth-order valence-electron chi connectivity index (χ4n) is 5.05. The maximum absolute atomic E-state index is 13.8. The predicted molar refractivity (Wildman–Crippen MR) is 134 cm³/mol. The van der Waals surface area contributed by atoms with Gasteiger partial charge in [0.15, 0.2) is 17.3 Å². The van der Waals surface area contributed by atoms with Crippen molar-refractivity contribution in [3.63, 3.8) is 0 Å². The van der Waals surface area contributed by atoms with Crippen molar-refractivity contribution in [1.29, 1.82) is 0 Å². The minimum atomic E-state index is -0.614. The van der Waals surface area contributed by atoms with E-state index in [2.05, 4.69) is 17.4 Å². The van der Waals surface area contributed by atoms with Gasteiger partial charge < -0.3 is 19.5 Å². The number of esters is 1. The van der Waals surface area contributed by atoms with Gasteiger partial charge in [-0.25, -0.2) is 4.79 Å². The molecule has 0 aromatic heterocycles. The van der Waals surface area contributed by atoms with Crippen LogP contribution in [0, 0.1) is 0 Å². The summed E-state index contributed by atoms with van der Waals surface area (Å²) >= 11 is 0. The summed E-state index contributed by atoms with van der Waals surface area (Å²) in [5, 5.41) is 3.40. The zero-order valence-electron chi connectivity index (χ0n) is 21.0. The number of para-hydroxylation sites is 1. The summed E-state index contributed by atoms with van der Waals surface area (Å²) in [6, 6.07) is 15.6. The highest BCUT2D eigenvalue weighted by atomic mass is 16.5. The fourth-order valence-corrected chi connectivity index (χ4v) is 5.05. The molecule has 4 rings (SSSR count). The Morgan fingerprint density at radius 2 is 1.80 bits per heavy atom. The van der Waals surface area contributed by atoms with Gasteiger partial charge in [-0.05, 0) is 44.2 Å². The standard InChI is InChI=1S/C29H33NO5/c1-6-17(2)35-29(32)25-18(3)30-22-15-20(19-11-8-7-9-12-19)16-23(31)27(22)26(25)21-13-10-14-24(33-4)28(21)34-5/h7-14,17,20,26,30H,6,15-16H2,1-5H3/t17-,20-,26+/m1/s1. The van der Waals surface area contributed by atoms with Crippen LogP contribution < -0.4 is 14.8 Å². The third-order valence-electron chi connectivity index (χ3n) is 6.95. The molecule has 6 heteroatoms. The van der Waals surface area contributed by atoms with Gasteiger partial charge in [0.25, 0.3) is 0 Å². The van der Waals surface area contributed by atoms with Crippen molar-refractivity contribution in [3.05, 3.63) is 82.2 Å². The molecule has 1 aliphatic carbocycles. The van der Waals surface area contributed by atoms with E-state index in [0.717, 1.165) is 11.3 Å². The first-order valence-electron chi connectivity index (χ1n) is 12.1. The summed E-state index contributed by atoms with van der Waals surface area (Å²) < 4.78 is 17.0. The average molecular weight is 476 g/mol. The lowest BCUT2D eigenvalue weighted by Crippen LogP contribution is -2.36. The number of ether oxygens (including phenoxy) is 3. The van der Waals surface area contributed by atoms with Gasteiger partial charge in [-0.2, -0.15) is 0 Å². The first-order chi connectivity index (χ1) is 16.9. The SMILES string of the molecule is CC[C@@H](C)OC(=O)C1=C(C)NC2=C(C(=O)C[C@H](c3ccccc3)C2)[C@H]1c1cccc(OC)c1OC. The van der Waals surface area contributed by atoms with Crippen molar-refractivity contribution in [1.82, 2.24) is 5.32 Å². The van der Waals surface area contributed by atoms with E-state index in [4.69, 9.17) is 14.2 Å². The molecule has 1 aliphatic heterocycles. The number of rotatable bonds is 7. The van der Waals surface area contributed by atoms with E-state index in [9.17, 15) is 9.59 Å². The Balaban J connectivity index is 1.86. The zero-order chi connectivity index (χ0) is 25.1. The molecule has 0 spiro atoms. The van der Waals surface area contributed by atoms with E-state index in [1.807, 2.05) is 51.1 Å². The molecule has 2 aromatic rings. The van der Waals surface area contributed by atoms with Crippen molar-refractivity contribution < 1.29 is 23.8 Å². The molecule has 0 bridgehead atoms. The molecule has 0 amide bonds. The van der Waals surface area contributed by atoms with Crippen LogP contribution in [0.2, 0.25) is 0 Å². The van der Waals surface area contributed by atoms with E-state index in [-0.39, 0.29) is 17.8 Å². The molecule has 0 saturated carbocycles. The van der Waals surface area contributed by atoms with Crippen molar-refractivity contribution in [2.45, 2.75) is 58.0 Å². The van der Waals surface area contributed by atoms with Gasteiger partial charge in [-0.1, -0.05) is 49.4 Å². The summed E-state index contributed by atoms with van der Waals surface area (Å²) in [7, 11) is 3.14. The van der Waals surface area contributed by atoms with Crippen molar-refractivity contribution in [3.8, 4) is 11.5 Å². The Kier molecular flexibility index (Phi) is 7.29. The number of allylic oxidation sites excluding steroid dienone is 3. The van der Waals surface area contributed by atoms with E-state index >= 15 is 0 Å². The number of dihydropyridines is 1. The molecule has 1 N–H and O–H groups in total. The maximum Gasteiger partial charge on any atom is 0.337 e. The normalized spacial score (nSPS) is 20.7. The predicted octanol–water partition coefficient (Wildman–Crippen LogP) is 5.41. The molecule has 2 aromatic carbocycles. The van der Waals surface area contributed by atoms with E-state index in [0.29, 0.717) is 53.2 Å². The van der Waals surface area contributed by atoms with Crippen molar-refractivity contribution in [2.75, 3.05) is 14.2 Å². The number of carbonyl (C=O) groups is 2.